The number of hydrogen-bond donors (Lipinski definition) is 0. The average Bonchev–Trinajstić information content (AvgIpc) is 2.70. The molecule has 1 heterocycles. The zero-order valence-corrected chi connectivity index (χ0v) is 19.2. The van der Waals surface area contributed by atoms with Gasteiger partial charge in [0.05, 0.1) is 26.4 Å². The van der Waals surface area contributed by atoms with E-state index in [2.05, 4.69) is 27.2 Å². The molecule has 0 saturated heterocycles. The number of hydrogen-bond acceptors (Lipinski definition) is 3. The third-order valence-electron chi connectivity index (χ3n) is 5.60. The second-order valence-corrected chi connectivity index (χ2v) is 9.22. The highest BCUT2D eigenvalue weighted by atomic mass is 32.1. The molecule has 0 radical (unpaired) electrons. The maximum atomic E-state index is 13.2. The predicted octanol–water partition coefficient (Wildman–Crippen LogP) is 7.13. The molecule has 0 fully saturated rings. The van der Waals surface area contributed by atoms with Crippen LogP contribution in [0.2, 0.25) is 0 Å². The molecule has 0 aromatic heterocycles. The van der Waals surface area contributed by atoms with Crippen LogP contribution < -0.4 is 5.43 Å². The van der Waals surface area contributed by atoms with E-state index >= 15 is 0 Å². The van der Waals surface area contributed by atoms with E-state index in [9.17, 15) is 18.0 Å². The summed E-state index contributed by atoms with van der Waals surface area (Å²) in [5.41, 5.74) is 2.68. The lowest BCUT2D eigenvalue weighted by Crippen LogP contribution is -2.18. The summed E-state index contributed by atoms with van der Waals surface area (Å²) in [6.07, 6.45) is 1.16. The first-order valence-corrected chi connectivity index (χ1v) is 11.4. The van der Waals surface area contributed by atoms with E-state index in [0.717, 1.165) is 42.7 Å². The first-order chi connectivity index (χ1) is 14.1. The summed E-state index contributed by atoms with van der Waals surface area (Å²) in [6, 6.07) is 3.60. The summed E-state index contributed by atoms with van der Waals surface area (Å²) >= 11 is 1.24. The first-order valence-electron chi connectivity index (χ1n) is 9.94. The molecule has 0 amide bonds. The molecule has 7 heteroatoms. The molecule has 1 aromatic carbocycles. The number of halogens is 3. The Bertz CT molecular complexity index is 1120. The topological polar surface area (TPSA) is 30.0 Å². The van der Waals surface area contributed by atoms with Crippen LogP contribution in [0.15, 0.2) is 34.9 Å². The van der Waals surface area contributed by atoms with E-state index in [-0.39, 0.29) is 5.43 Å². The number of alkyl halides is 3. The van der Waals surface area contributed by atoms with Gasteiger partial charge in [-0.3, -0.25) is 4.79 Å². The zero-order chi connectivity index (χ0) is 22.1. The summed E-state index contributed by atoms with van der Waals surface area (Å²) in [4.78, 5) is 18.4. The summed E-state index contributed by atoms with van der Waals surface area (Å²) < 4.78 is 39.9. The van der Waals surface area contributed by atoms with E-state index < -0.39 is 11.7 Å². The van der Waals surface area contributed by atoms with Crippen LogP contribution in [-0.4, -0.2) is 4.98 Å². The second-order valence-electron chi connectivity index (χ2n) is 7.78. The Balaban J connectivity index is 2.08. The molecule has 0 saturated carbocycles. The van der Waals surface area contributed by atoms with Crippen molar-refractivity contribution in [1.82, 2.24) is 4.98 Å². The van der Waals surface area contributed by atoms with Gasteiger partial charge in [-0.05, 0) is 69.2 Å². The van der Waals surface area contributed by atoms with Gasteiger partial charge in [-0.25, -0.2) is 4.98 Å². The van der Waals surface area contributed by atoms with E-state index in [0.29, 0.717) is 38.6 Å². The lowest BCUT2D eigenvalue weighted by Gasteiger charge is -2.18. The quantitative estimate of drug-likeness (QED) is 0.295. The van der Waals surface area contributed by atoms with Crippen LogP contribution >= 0.6 is 20.6 Å². The Kier molecular flexibility index (Phi) is 6.98. The van der Waals surface area contributed by atoms with Crippen LogP contribution in [0.1, 0.15) is 48.4 Å². The molecule has 1 aliphatic carbocycles. The molecule has 2 atom stereocenters. The third-order valence-corrected chi connectivity index (χ3v) is 7.07. The van der Waals surface area contributed by atoms with Crippen LogP contribution in [0.4, 0.5) is 13.2 Å². The normalized spacial score (nSPS) is 13.6. The first kappa shape index (κ1) is 22.9. The zero-order valence-electron chi connectivity index (χ0n) is 17.3. The molecule has 160 valence electrons. The fourth-order valence-electron chi connectivity index (χ4n) is 3.57. The number of allylic oxidation sites excluding steroid dienone is 1. The maximum Gasteiger partial charge on any atom is 0.416 e. The van der Waals surface area contributed by atoms with Crippen LogP contribution in [0.5, 0.6) is 0 Å². The van der Waals surface area contributed by atoms with Gasteiger partial charge in [-0.1, -0.05) is 18.8 Å². The van der Waals surface area contributed by atoms with Crippen molar-refractivity contribution in [2.75, 3.05) is 0 Å². The second kappa shape index (κ2) is 9.15. The summed E-state index contributed by atoms with van der Waals surface area (Å²) in [7, 11) is 2.56. The van der Waals surface area contributed by atoms with Gasteiger partial charge in [0, 0.05) is 11.1 Å². The molecule has 2 aliphatic rings. The van der Waals surface area contributed by atoms with Gasteiger partial charge in [0.15, 0.2) is 5.43 Å². The van der Waals surface area contributed by atoms with Crippen molar-refractivity contribution >= 4 is 30.8 Å². The number of nitrogens with zero attached hydrogens (tertiary/aromatic N) is 1. The Morgan fingerprint density at radius 1 is 1.20 bits per heavy atom. The largest absolute Gasteiger partial charge is 0.416 e. The average molecular weight is 451 g/mol. The summed E-state index contributed by atoms with van der Waals surface area (Å²) in [6.45, 7) is 5.82. The van der Waals surface area contributed by atoms with Crippen LogP contribution in [0, 0.1) is 19.8 Å². The van der Waals surface area contributed by atoms with Gasteiger partial charge < -0.3 is 0 Å². The van der Waals surface area contributed by atoms with Gasteiger partial charge >= 0.3 is 6.18 Å². The molecular formula is C23H25F3NOPS. The van der Waals surface area contributed by atoms with E-state index in [1.807, 2.05) is 12.7 Å². The minimum atomic E-state index is -4.41. The Morgan fingerprint density at radius 2 is 1.93 bits per heavy atom. The van der Waals surface area contributed by atoms with E-state index in [4.69, 9.17) is 0 Å². The maximum absolute atomic E-state index is 13.2. The standard InChI is InChI=1S/C23H25F3NOPS/c1-13(6-4-5-11-29)7-9-17-21(28)15(3)14(2)20-22(17)30-19-12-16(23(24,25)26)8-10-18(19)27-20/h5,8,10-13H,4,6-7,9,29H2,1-3H3/b11-5+. The molecule has 0 spiro atoms. The van der Waals surface area contributed by atoms with Crippen LogP contribution in [0.25, 0.3) is 20.8 Å². The molecule has 2 unspecified atom stereocenters. The molecule has 0 bridgehead atoms. The molecule has 0 N–H and O–H groups in total. The van der Waals surface area contributed by atoms with Crippen molar-refractivity contribution in [3.8, 4) is 10.6 Å². The van der Waals surface area contributed by atoms with Crippen molar-refractivity contribution in [2.24, 2.45) is 5.92 Å². The Hall–Kier alpha value is -1.78. The monoisotopic (exact) mass is 451 g/mol. The van der Waals surface area contributed by atoms with Crippen molar-refractivity contribution in [3.05, 3.63) is 62.6 Å². The molecule has 2 nitrogen and oxygen atoms in total. The minimum absolute atomic E-state index is 0.0126. The fourth-order valence-corrected chi connectivity index (χ4v) is 5.00. The smallest absolute Gasteiger partial charge is 0.289 e. The van der Waals surface area contributed by atoms with Crippen molar-refractivity contribution in [1.29, 1.82) is 0 Å². The predicted molar refractivity (Wildman–Crippen MR) is 123 cm³/mol. The molecular weight excluding hydrogens is 426 g/mol. The summed E-state index contributed by atoms with van der Waals surface area (Å²) in [5, 5.41) is 0. The molecule has 30 heavy (non-hydrogen) atoms. The van der Waals surface area contributed by atoms with Gasteiger partial charge in [0.1, 0.15) is 0 Å². The molecule has 1 aromatic rings. The fraction of sp³-hybridized carbons (Fsp3) is 0.391. The lowest BCUT2D eigenvalue weighted by molar-refractivity contribution is -0.137. The molecule has 1 aliphatic heterocycles. The number of rotatable bonds is 6. The highest BCUT2D eigenvalue weighted by molar-refractivity contribution is 7.21. The lowest BCUT2D eigenvalue weighted by atomic mass is 9.92. The number of aromatic nitrogens is 1. The van der Waals surface area contributed by atoms with Crippen LogP contribution in [-0.2, 0) is 12.6 Å². The van der Waals surface area contributed by atoms with Gasteiger partial charge in [0.2, 0.25) is 0 Å². The highest BCUT2D eigenvalue weighted by Gasteiger charge is 2.31. The third kappa shape index (κ3) is 4.76. The number of fused-ring (bicyclic) bond motifs is 2. The van der Waals surface area contributed by atoms with Gasteiger partial charge in [-0.2, -0.15) is 13.2 Å². The highest BCUT2D eigenvalue weighted by Crippen LogP contribution is 2.38. The Labute approximate surface area is 180 Å². The molecule has 3 rings (SSSR count). The van der Waals surface area contributed by atoms with Crippen molar-refractivity contribution in [2.45, 2.75) is 52.6 Å². The summed E-state index contributed by atoms with van der Waals surface area (Å²) in [5.74, 6) is 2.39. The van der Waals surface area contributed by atoms with Gasteiger partial charge in [0.25, 0.3) is 0 Å². The van der Waals surface area contributed by atoms with Crippen molar-refractivity contribution in [3.63, 3.8) is 0 Å². The Morgan fingerprint density at radius 3 is 2.60 bits per heavy atom. The van der Waals surface area contributed by atoms with Crippen molar-refractivity contribution < 1.29 is 13.2 Å². The van der Waals surface area contributed by atoms with E-state index in [1.165, 1.54) is 17.4 Å². The van der Waals surface area contributed by atoms with Gasteiger partial charge in [-0.15, -0.1) is 20.6 Å². The SMILES string of the molecule is Cc1c2nc3ccc(C(F)(F)F)cc3sc-2c(CCC(C)CC/C=C/P)c(=O)c1C. The van der Waals surface area contributed by atoms with E-state index in [1.54, 1.807) is 6.92 Å². The number of benzene rings is 2. The minimum Gasteiger partial charge on any atom is -0.289 e. The van der Waals surface area contributed by atoms with Crippen LogP contribution in [0.3, 0.4) is 0 Å².